The Balaban J connectivity index is 1.47. The van der Waals surface area contributed by atoms with Gasteiger partial charge in [-0.15, -0.1) is 0 Å². The van der Waals surface area contributed by atoms with Crippen molar-refractivity contribution in [2.75, 3.05) is 39.3 Å². The normalized spacial score (nSPS) is 26.6. The first-order valence-corrected chi connectivity index (χ1v) is 7.58. The zero-order chi connectivity index (χ0) is 15.5. The van der Waals surface area contributed by atoms with Gasteiger partial charge in [0.15, 0.2) is 0 Å². The minimum Gasteiger partial charge on any atom is -0.354 e. The summed E-state index contributed by atoms with van der Waals surface area (Å²) in [6, 6.07) is 6.54. The molecule has 0 aliphatic carbocycles. The van der Waals surface area contributed by atoms with Crippen LogP contribution in [0.4, 0.5) is 5.69 Å². The molecule has 1 unspecified atom stereocenters. The number of non-ortho nitro benzene ring substituents is 1. The summed E-state index contributed by atoms with van der Waals surface area (Å²) >= 11 is 0. The Kier molecular flexibility index (Phi) is 4.35. The summed E-state index contributed by atoms with van der Waals surface area (Å²) in [5.74, 6) is -0.0356. The molecular weight excluding hydrogens is 284 g/mol. The molecule has 0 saturated carbocycles. The second kappa shape index (κ2) is 6.41. The van der Waals surface area contributed by atoms with Crippen molar-refractivity contribution in [3.8, 4) is 0 Å². The highest BCUT2D eigenvalue weighted by Crippen LogP contribution is 2.15. The summed E-state index contributed by atoms with van der Waals surface area (Å²) in [5.41, 5.74) is 0.835. The van der Waals surface area contributed by atoms with Gasteiger partial charge in [0.25, 0.3) is 5.69 Å². The summed E-state index contributed by atoms with van der Waals surface area (Å²) in [7, 11) is 0. The number of hydrogen-bond acceptors (Lipinski definition) is 5. The van der Waals surface area contributed by atoms with Crippen LogP contribution in [-0.2, 0) is 11.2 Å². The maximum atomic E-state index is 12.0. The molecule has 3 aliphatic heterocycles. The number of nitro benzene ring substituents is 1. The molecule has 2 bridgehead atoms. The van der Waals surface area contributed by atoms with E-state index in [0.717, 1.165) is 38.3 Å². The van der Waals surface area contributed by atoms with E-state index in [4.69, 9.17) is 0 Å². The fourth-order valence-electron chi connectivity index (χ4n) is 3.13. The molecule has 0 aromatic heterocycles. The van der Waals surface area contributed by atoms with E-state index in [2.05, 4.69) is 15.1 Å². The molecular formula is C15H20N4O3. The second-order valence-corrected chi connectivity index (χ2v) is 5.89. The summed E-state index contributed by atoms with van der Waals surface area (Å²) in [5, 5.41) is 13.6. The first-order valence-electron chi connectivity index (χ1n) is 7.58. The summed E-state index contributed by atoms with van der Waals surface area (Å²) < 4.78 is 0. The quantitative estimate of drug-likeness (QED) is 0.623. The Morgan fingerprint density at radius 3 is 2.45 bits per heavy atom. The zero-order valence-electron chi connectivity index (χ0n) is 12.4. The standard InChI is InChI=1S/C15H20N4O3/c20-15(9-12-1-3-13(4-2-12)19(21)22)16-10-14-11-17-5-7-18(14)8-6-17/h1-4,14H,5-11H2,(H,16,20). The summed E-state index contributed by atoms with van der Waals surface area (Å²) in [4.78, 5) is 27.0. The minimum absolute atomic E-state index is 0.0356. The van der Waals surface area contributed by atoms with Gasteiger partial charge in [0.05, 0.1) is 11.3 Å². The number of nitrogens with zero attached hydrogens (tertiary/aromatic N) is 3. The van der Waals surface area contributed by atoms with Crippen LogP contribution >= 0.6 is 0 Å². The van der Waals surface area contributed by atoms with Gasteiger partial charge in [0.2, 0.25) is 5.91 Å². The van der Waals surface area contributed by atoms with Gasteiger partial charge in [-0.3, -0.25) is 24.7 Å². The molecule has 1 amide bonds. The fourth-order valence-corrected chi connectivity index (χ4v) is 3.13. The predicted octanol–water partition coefficient (Wildman–Crippen LogP) is 0.253. The number of carbonyl (C=O) groups excluding carboxylic acids is 1. The van der Waals surface area contributed by atoms with E-state index in [9.17, 15) is 14.9 Å². The lowest BCUT2D eigenvalue weighted by Gasteiger charge is -2.47. The van der Waals surface area contributed by atoms with Gasteiger partial charge in [-0.25, -0.2) is 0 Å². The van der Waals surface area contributed by atoms with E-state index < -0.39 is 4.92 Å². The fraction of sp³-hybridized carbons (Fsp3) is 0.533. The van der Waals surface area contributed by atoms with Crippen LogP contribution in [0.15, 0.2) is 24.3 Å². The van der Waals surface area contributed by atoms with E-state index in [0.29, 0.717) is 12.6 Å². The Hall–Kier alpha value is -1.99. The molecule has 0 radical (unpaired) electrons. The molecule has 3 heterocycles. The predicted molar refractivity (Wildman–Crippen MR) is 81.6 cm³/mol. The van der Waals surface area contributed by atoms with Crippen molar-refractivity contribution in [2.24, 2.45) is 0 Å². The number of amides is 1. The number of nitrogens with one attached hydrogen (secondary N) is 1. The molecule has 7 heteroatoms. The lowest BCUT2D eigenvalue weighted by molar-refractivity contribution is -0.384. The molecule has 1 atom stereocenters. The Labute approximate surface area is 129 Å². The van der Waals surface area contributed by atoms with E-state index in [1.807, 2.05) is 0 Å². The largest absolute Gasteiger partial charge is 0.354 e. The van der Waals surface area contributed by atoms with E-state index in [1.54, 1.807) is 12.1 Å². The topological polar surface area (TPSA) is 78.7 Å². The molecule has 7 nitrogen and oxygen atoms in total. The molecule has 4 rings (SSSR count). The summed E-state index contributed by atoms with van der Waals surface area (Å²) in [6.45, 7) is 6.13. The van der Waals surface area contributed by atoms with Gasteiger partial charge in [0, 0.05) is 57.4 Å². The number of benzene rings is 1. The number of nitro groups is 1. The van der Waals surface area contributed by atoms with E-state index in [-0.39, 0.29) is 18.0 Å². The number of carbonyl (C=O) groups is 1. The van der Waals surface area contributed by atoms with Crippen molar-refractivity contribution in [1.82, 2.24) is 15.1 Å². The first kappa shape index (κ1) is 14.9. The molecule has 22 heavy (non-hydrogen) atoms. The lowest BCUT2D eigenvalue weighted by Crippen LogP contribution is -2.63. The number of rotatable bonds is 5. The highest BCUT2D eigenvalue weighted by molar-refractivity contribution is 5.78. The van der Waals surface area contributed by atoms with Gasteiger partial charge in [-0.05, 0) is 5.56 Å². The van der Waals surface area contributed by atoms with Crippen LogP contribution in [0, 0.1) is 10.1 Å². The smallest absolute Gasteiger partial charge is 0.269 e. The highest BCUT2D eigenvalue weighted by atomic mass is 16.6. The monoisotopic (exact) mass is 304 g/mol. The van der Waals surface area contributed by atoms with Crippen LogP contribution in [0.25, 0.3) is 0 Å². The van der Waals surface area contributed by atoms with Crippen LogP contribution in [0.2, 0.25) is 0 Å². The Morgan fingerprint density at radius 1 is 1.23 bits per heavy atom. The van der Waals surface area contributed by atoms with Crippen molar-refractivity contribution in [1.29, 1.82) is 0 Å². The highest BCUT2D eigenvalue weighted by Gasteiger charge is 2.31. The SMILES string of the molecule is O=C(Cc1ccc([N+](=O)[O-])cc1)NCC1CN2CCN1CC2. The third-order valence-corrected chi connectivity index (χ3v) is 4.44. The van der Waals surface area contributed by atoms with Gasteiger partial charge < -0.3 is 5.32 Å². The van der Waals surface area contributed by atoms with Crippen LogP contribution in [0.5, 0.6) is 0 Å². The lowest BCUT2D eigenvalue weighted by atomic mass is 10.1. The maximum absolute atomic E-state index is 12.0. The van der Waals surface area contributed by atoms with Crippen molar-refractivity contribution in [3.63, 3.8) is 0 Å². The van der Waals surface area contributed by atoms with Crippen molar-refractivity contribution in [3.05, 3.63) is 39.9 Å². The van der Waals surface area contributed by atoms with Crippen LogP contribution in [0.3, 0.4) is 0 Å². The first-order chi connectivity index (χ1) is 10.6. The van der Waals surface area contributed by atoms with Crippen LogP contribution < -0.4 is 5.32 Å². The number of piperazine rings is 3. The molecule has 0 spiro atoms. The third kappa shape index (κ3) is 3.42. The van der Waals surface area contributed by atoms with E-state index in [1.165, 1.54) is 12.1 Å². The maximum Gasteiger partial charge on any atom is 0.269 e. The van der Waals surface area contributed by atoms with Crippen LogP contribution in [-0.4, -0.2) is 65.9 Å². The van der Waals surface area contributed by atoms with Crippen LogP contribution in [0.1, 0.15) is 5.56 Å². The van der Waals surface area contributed by atoms with E-state index >= 15 is 0 Å². The molecule has 1 aromatic carbocycles. The molecule has 3 aliphatic rings. The van der Waals surface area contributed by atoms with Gasteiger partial charge in [0.1, 0.15) is 0 Å². The molecule has 3 saturated heterocycles. The minimum atomic E-state index is -0.439. The molecule has 3 fully saturated rings. The van der Waals surface area contributed by atoms with Crippen molar-refractivity contribution >= 4 is 11.6 Å². The Bertz CT molecular complexity index is 552. The molecule has 1 N–H and O–H groups in total. The zero-order valence-corrected chi connectivity index (χ0v) is 12.4. The Morgan fingerprint density at radius 2 is 1.91 bits per heavy atom. The average Bonchev–Trinajstić information content (AvgIpc) is 2.54. The van der Waals surface area contributed by atoms with Gasteiger partial charge >= 0.3 is 0 Å². The summed E-state index contributed by atoms with van der Waals surface area (Å²) in [6.07, 6.45) is 0.258. The van der Waals surface area contributed by atoms with Crippen molar-refractivity contribution in [2.45, 2.75) is 12.5 Å². The van der Waals surface area contributed by atoms with Gasteiger partial charge in [-0.1, -0.05) is 12.1 Å². The molecule has 118 valence electrons. The number of hydrogen-bond donors (Lipinski definition) is 1. The second-order valence-electron chi connectivity index (χ2n) is 5.89. The van der Waals surface area contributed by atoms with Crippen molar-refractivity contribution < 1.29 is 9.72 Å². The number of fused-ring (bicyclic) bond motifs is 3. The van der Waals surface area contributed by atoms with Gasteiger partial charge in [-0.2, -0.15) is 0 Å². The average molecular weight is 304 g/mol. The molecule has 1 aromatic rings. The third-order valence-electron chi connectivity index (χ3n) is 4.44.